The molecule has 0 bridgehead atoms. The normalized spacial score (nSPS) is 11.5. The molecule has 0 radical (unpaired) electrons. The van der Waals surface area contributed by atoms with Gasteiger partial charge in [-0.2, -0.15) is 0 Å². The lowest BCUT2D eigenvalue weighted by Crippen LogP contribution is -2.40. The summed E-state index contributed by atoms with van der Waals surface area (Å²) < 4.78 is 0. The fraction of sp³-hybridized carbons (Fsp3) is 0.375. The molecule has 0 saturated carbocycles. The van der Waals surface area contributed by atoms with Crippen molar-refractivity contribution in [3.8, 4) is 0 Å². The molecule has 6 nitrogen and oxygen atoms in total. The summed E-state index contributed by atoms with van der Waals surface area (Å²) in [7, 11) is 0. The Labute approximate surface area is 178 Å². The van der Waals surface area contributed by atoms with E-state index in [-0.39, 0.29) is 31.2 Å². The zero-order valence-corrected chi connectivity index (χ0v) is 17.5. The number of nitrogens with two attached hydrogens (primary N) is 1. The maximum Gasteiger partial charge on any atom is 0.236 e. The van der Waals surface area contributed by atoms with Crippen molar-refractivity contribution in [2.24, 2.45) is 5.73 Å². The molecule has 160 valence electrons. The van der Waals surface area contributed by atoms with Crippen LogP contribution in [-0.4, -0.2) is 30.3 Å². The van der Waals surface area contributed by atoms with E-state index in [2.05, 4.69) is 34.9 Å². The quantitative estimate of drug-likeness (QED) is 0.496. The fourth-order valence-corrected chi connectivity index (χ4v) is 3.03. The lowest BCUT2D eigenvalue weighted by molar-refractivity contribution is -0.129. The van der Waals surface area contributed by atoms with E-state index in [4.69, 9.17) is 5.73 Å². The third kappa shape index (κ3) is 9.01. The van der Waals surface area contributed by atoms with Crippen LogP contribution in [0.15, 0.2) is 54.6 Å². The van der Waals surface area contributed by atoms with Gasteiger partial charge in [0.25, 0.3) is 0 Å². The molecule has 0 saturated heterocycles. The van der Waals surface area contributed by atoms with Gasteiger partial charge in [0.05, 0.1) is 12.5 Å². The second-order valence-electron chi connectivity index (χ2n) is 7.49. The number of imide groups is 1. The summed E-state index contributed by atoms with van der Waals surface area (Å²) in [6.45, 7) is 1.72. The number of nitrogens with one attached hydrogen (secondary N) is 2. The molecule has 0 unspecified atom stereocenters. The smallest absolute Gasteiger partial charge is 0.236 e. The monoisotopic (exact) mass is 409 g/mol. The molecule has 0 aliphatic rings. The topological polar surface area (TPSA) is 101 Å². The SMILES string of the molecule is C[C@H](N)C(=O)NCCC(=O)NC(=O)Cc1ccc(CCCCc2ccccc2)cc1. The van der Waals surface area contributed by atoms with Gasteiger partial charge in [0.15, 0.2) is 0 Å². The average molecular weight is 410 g/mol. The first-order valence-electron chi connectivity index (χ1n) is 10.4. The molecule has 0 heterocycles. The summed E-state index contributed by atoms with van der Waals surface area (Å²) in [6.07, 6.45) is 4.52. The number of carbonyl (C=O) groups excluding carboxylic acids is 3. The maximum atomic E-state index is 12.0. The first kappa shape index (κ1) is 23.3. The molecule has 0 fully saturated rings. The summed E-state index contributed by atoms with van der Waals surface area (Å²) in [5, 5.41) is 4.88. The van der Waals surface area contributed by atoms with Crippen molar-refractivity contribution in [2.45, 2.75) is 51.5 Å². The van der Waals surface area contributed by atoms with Crippen LogP contribution in [0.5, 0.6) is 0 Å². The summed E-state index contributed by atoms with van der Waals surface area (Å²) in [5.41, 5.74) is 8.89. The molecule has 3 amide bonds. The number of hydrogen-bond acceptors (Lipinski definition) is 4. The number of hydrogen-bond donors (Lipinski definition) is 3. The Hall–Kier alpha value is -2.99. The molecule has 0 aliphatic carbocycles. The first-order chi connectivity index (χ1) is 14.4. The Morgan fingerprint density at radius 3 is 2.00 bits per heavy atom. The van der Waals surface area contributed by atoms with E-state index in [1.165, 1.54) is 11.1 Å². The summed E-state index contributed by atoms with van der Waals surface area (Å²) in [6, 6.07) is 17.8. The Morgan fingerprint density at radius 2 is 1.40 bits per heavy atom. The standard InChI is InChI=1S/C24H31N3O3/c1-18(25)24(30)26-16-15-22(28)27-23(29)17-21-13-11-20(12-14-21)10-6-5-9-19-7-3-2-4-8-19/h2-4,7-8,11-14,18H,5-6,9-10,15-17,25H2,1H3,(H,26,30)(H,27,28,29)/t18-/m0/s1. The van der Waals surface area contributed by atoms with Crippen LogP contribution in [0, 0.1) is 0 Å². The average Bonchev–Trinajstić information content (AvgIpc) is 2.73. The van der Waals surface area contributed by atoms with E-state index < -0.39 is 11.9 Å². The highest BCUT2D eigenvalue weighted by molar-refractivity contribution is 5.96. The van der Waals surface area contributed by atoms with Crippen molar-refractivity contribution in [2.75, 3.05) is 6.54 Å². The number of unbranched alkanes of at least 4 members (excludes halogenated alkanes) is 1. The van der Waals surface area contributed by atoms with Crippen LogP contribution in [0.4, 0.5) is 0 Å². The summed E-state index contributed by atoms with van der Waals surface area (Å²) in [5.74, 6) is -1.09. The van der Waals surface area contributed by atoms with E-state index in [0.717, 1.165) is 31.2 Å². The summed E-state index contributed by atoms with van der Waals surface area (Å²) >= 11 is 0. The highest BCUT2D eigenvalue weighted by atomic mass is 16.2. The van der Waals surface area contributed by atoms with Crippen molar-refractivity contribution in [3.05, 3.63) is 71.3 Å². The number of benzene rings is 2. The van der Waals surface area contributed by atoms with Crippen LogP contribution in [0.1, 0.15) is 42.9 Å². The summed E-state index contributed by atoms with van der Waals surface area (Å²) in [4.78, 5) is 35.1. The predicted molar refractivity (Wildman–Crippen MR) is 118 cm³/mol. The number of aryl methyl sites for hydroxylation is 2. The Kier molecular flexibility index (Phi) is 9.74. The molecular weight excluding hydrogens is 378 g/mol. The van der Waals surface area contributed by atoms with Crippen molar-refractivity contribution in [1.82, 2.24) is 10.6 Å². The Morgan fingerprint density at radius 1 is 0.833 bits per heavy atom. The first-order valence-corrected chi connectivity index (χ1v) is 10.4. The molecule has 2 rings (SSSR count). The van der Waals surface area contributed by atoms with Gasteiger partial charge in [0.1, 0.15) is 0 Å². The minimum Gasteiger partial charge on any atom is -0.354 e. The van der Waals surface area contributed by atoms with Gasteiger partial charge in [-0.05, 0) is 49.3 Å². The third-order valence-electron chi connectivity index (χ3n) is 4.76. The lowest BCUT2D eigenvalue weighted by Gasteiger charge is -2.08. The highest BCUT2D eigenvalue weighted by Gasteiger charge is 2.11. The van der Waals surface area contributed by atoms with Gasteiger partial charge in [-0.3, -0.25) is 19.7 Å². The molecule has 2 aromatic carbocycles. The Balaban J connectivity index is 1.64. The van der Waals surface area contributed by atoms with E-state index in [1.54, 1.807) is 6.92 Å². The zero-order chi connectivity index (χ0) is 21.8. The molecule has 0 aromatic heterocycles. The van der Waals surface area contributed by atoms with Crippen LogP contribution >= 0.6 is 0 Å². The van der Waals surface area contributed by atoms with Crippen LogP contribution < -0.4 is 16.4 Å². The number of rotatable bonds is 11. The van der Waals surface area contributed by atoms with Crippen LogP contribution in [0.3, 0.4) is 0 Å². The third-order valence-corrected chi connectivity index (χ3v) is 4.76. The zero-order valence-electron chi connectivity index (χ0n) is 17.5. The molecule has 30 heavy (non-hydrogen) atoms. The van der Waals surface area contributed by atoms with Crippen molar-refractivity contribution < 1.29 is 14.4 Å². The van der Waals surface area contributed by atoms with Gasteiger partial charge in [-0.1, -0.05) is 54.6 Å². The second-order valence-corrected chi connectivity index (χ2v) is 7.49. The van der Waals surface area contributed by atoms with Crippen LogP contribution in [-0.2, 0) is 33.6 Å². The fourth-order valence-electron chi connectivity index (χ4n) is 3.03. The van der Waals surface area contributed by atoms with Crippen LogP contribution in [0.2, 0.25) is 0 Å². The van der Waals surface area contributed by atoms with Gasteiger partial charge in [-0.15, -0.1) is 0 Å². The van der Waals surface area contributed by atoms with E-state index in [1.807, 2.05) is 30.3 Å². The van der Waals surface area contributed by atoms with Crippen molar-refractivity contribution >= 4 is 17.7 Å². The molecule has 4 N–H and O–H groups in total. The van der Waals surface area contributed by atoms with E-state index in [0.29, 0.717) is 0 Å². The van der Waals surface area contributed by atoms with Gasteiger partial charge >= 0.3 is 0 Å². The molecular formula is C24H31N3O3. The maximum absolute atomic E-state index is 12.0. The predicted octanol–water partition coefficient (Wildman–Crippen LogP) is 2.29. The molecule has 6 heteroatoms. The number of amides is 3. The Bertz CT molecular complexity index is 817. The van der Waals surface area contributed by atoms with E-state index in [9.17, 15) is 14.4 Å². The second kappa shape index (κ2) is 12.5. The minimum atomic E-state index is -0.624. The van der Waals surface area contributed by atoms with Gasteiger partial charge in [0.2, 0.25) is 17.7 Å². The van der Waals surface area contributed by atoms with E-state index >= 15 is 0 Å². The molecule has 1 atom stereocenters. The van der Waals surface area contributed by atoms with Gasteiger partial charge in [-0.25, -0.2) is 0 Å². The van der Waals surface area contributed by atoms with Crippen LogP contribution in [0.25, 0.3) is 0 Å². The lowest BCUT2D eigenvalue weighted by atomic mass is 10.0. The number of carbonyl (C=O) groups is 3. The van der Waals surface area contributed by atoms with Crippen molar-refractivity contribution in [3.63, 3.8) is 0 Å². The molecule has 0 aliphatic heterocycles. The van der Waals surface area contributed by atoms with Crippen molar-refractivity contribution in [1.29, 1.82) is 0 Å². The molecule has 0 spiro atoms. The van der Waals surface area contributed by atoms with Gasteiger partial charge in [0, 0.05) is 13.0 Å². The largest absolute Gasteiger partial charge is 0.354 e. The minimum absolute atomic E-state index is 0.0338. The molecule has 2 aromatic rings. The highest BCUT2D eigenvalue weighted by Crippen LogP contribution is 2.11. The van der Waals surface area contributed by atoms with Gasteiger partial charge < -0.3 is 11.1 Å².